The molecule has 11 nitrogen and oxygen atoms in total. The number of anilines is 3. The molecule has 4 heterocycles. The molecule has 1 spiro atoms. The molecule has 3 aromatic rings. The Labute approximate surface area is 221 Å². The Bertz CT molecular complexity index is 1490. The highest BCUT2D eigenvalue weighted by Crippen LogP contribution is 2.45. The van der Waals surface area contributed by atoms with Gasteiger partial charge in [-0.2, -0.15) is 8.42 Å². The van der Waals surface area contributed by atoms with Gasteiger partial charge in [-0.15, -0.1) is 10.2 Å². The number of methoxy groups -OCH3 is 1. The van der Waals surface area contributed by atoms with Crippen LogP contribution in [0.4, 0.5) is 17.2 Å². The molecule has 198 valence electrons. The average molecular weight is 537 g/mol. The molecule has 0 amide bonds. The van der Waals surface area contributed by atoms with E-state index in [9.17, 15) is 8.42 Å². The highest BCUT2D eigenvalue weighted by atomic mass is 32.2. The fourth-order valence-electron chi connectivity index (χ4n) is 4.73. The van der Waals surface area contributed by atoms with E-state index in [0.717, 1.165) is 49.4 Å². The zero-order valence-corrected chi connectivity index (χ0v) is 21.9. The standard InChI is InChI=1S/C26H28N6O5S/c1-35-18-36-24-8-4-3-7-21(24)22-13-23(25(27)30-29-22)32-16-26(17-32)14-31(15-26)20-9-10-28-19(12-20)6-5-11-37-38(2,33)34/h3-4,7-10,12-13H,11,14-18H2,1-2H3,(H2,27,30). The van der Waals surface area contributed by atoms with Crippen LogP contribution in [0.5, 0.6) is 5.75 Å². The molecule has 0 aliphatic carbocycles. The monoisotopic (exact) mass is 536 g/mol. The third-order valence-electron chi connectivity index (χ3n) is 6.41. The first-order valence-corrected chi connectivity index (χ1v) is 13.7. The van der Waals surface area contributed by atoms with E-state index < -0.39 is 10.1 Å². The van der Waals surface area contributed by atoms with Crippen molar-refractivity contribution in [1.82, 2.24) is 15.2 Å². The van der Waals surface area contributed by atoms with E-state index >= 15 is 0 Å². The van der Waals surface area contributed by atoms with Gasteiger partial charge in [-0.1, -0.05) is 18.1 Å². The predicted molar refractivity (Wildman–Crippen MR) is 143 cm³/mol. The normalized spacial score (nSPS) is 15.8. The molecule has 2 fully saturated rings. The number of para-hydroxylation sites is 1. The summed E-state index contributed by atoms with van der Waals surface area (Å²) in [4.78, 5) is 8.75. The summed E-state index contributed by atoms with van der Waals surface area (Å²) in [6, 6.07) is 13.4. The molecule has 0 saturated carbocycles. The fourth-order valence-corrected chi connectivity index (χ4v) is 5.00. The lowest BCUT2D eigenvalue weighted by atomic mass is 9.72. The van der Waals surface area contributed by atoms with Crippen molar-refractivity contribution in [1.29, 1.82) is 0 Å². The Balaban J connectivity index is 1.22. The quantitative estimate of drug-likeness (QED) is 0.256. The van der Waals surface area contributed by atoms with Crippen LogP contribution in [0, 0.1) is 17.3 Å². The number of ether oxygens (including phenoxy) is 2. The molecular formula is C26H28N6O5S. The largest absolute Gasteiger partial charge is 0.467 e. The van der Waals surface area contributed by atoms with Gasteiger partial charge in [0.25, 0.3) is 10.1 Å². The number of aromatic nitrogens is 3. The minimum Gasteiger partial charge on any atom is -0.467 e. The number of benzene rings is 1. The second-order valence-electron chi connectivity index (χ2n) is 9.43. The lowest BCUT2D eigenvalue weighted by Crippen LogP contribution is -2.72. The maximum absolute atomic E-state index is 11.1. The molecule has 12 heteroatoms. The number of nitrogen functional groups attached to an aromatic ring is 1. The summed E-state index contributed by atoms with van der Waals surface area (Å²) >= 11 is 0. The molecule has 0 radical (unpaired) electrons. The lowest BCUT2D eigenvalue weighted by molar-refractivity contribution is 0.0515. The van der Waals surface area contributed by atoms with Crippen LogP contribution in [0.25, 0.3) is 11.3 Å². The molecule has 2 aliphatic rings. The number of rotatable bonds is 8. The summed E-state index contributed by atoms with van der Waals surface area (Å²) in [6.45, 7) is 3.46. The van der Waals surface area contributed by atoms with Crippen LogP contribution in [-0.4, -0.2) is 76.5 Å². The zero-order valence-electron chi connectivity index (χ0n) is 21.1. The van der Waals surface area contributed by atoms with Crippen LogP contribution >= 0.6 is 0 Å². The van der Waals surface area contributed by atoms with Crippen LogP contribution in [0.15, 0.2) is 48.7 Å². The second kappa shape index (κ2) is 10.4. The Morgan fingerprint density at radius 1 is 1.08 bits per heavy atom. The molecule has 1 aromatic carbocycles. The van der Waals surface area contributed by atoms with Gasteiger partial charge in [0.15, 0.2) is 12.6 Å². The Morgan fingerprint density at radius 3 is 2.61 bits per heavy atom. The Morgan fingerprint density at radius 2 is 1.84 bits per heavy atom. The van der Waals surface area contributed by atoms with Gasteiger partial charge in [0.1, 0.15) is 18.1 Å². The maximum atomic E-state index is 11.1. The van der Waals surface area contributed by atoms with Crippen LogP contribution < -0.4 is 20.3 Å². The zero-order chi connectivity index (χ0) is 26.8. The van der Waals surface area contributed by atoms with Crippen molar-refractivity contribution in [2.24, 2.45) is 5.41 Å². The number of nitrogens with zero attached hydrogens (tertiary/aromatic N) is 5. The van der Waals surface area contributed by atoms with Gasteiger partial charge in [-0.3, -0.25) is 4.18 Å². The van der Waals surface area contributed by atoms with Crippen molar-refractivity contribution < 1.29 is 22.1 Å². The van der Waals surface area contributed by atoms with Crippen molar-refractivity contribution in [2.75, 3.05) is 68.5 Å². The Kier molecular flexibility index (Phi) is 7.07. The van der Waals surface area contributed by atoms with E-state index in [2.05, 4.69) is 41.0 Å². The van der Waals surface area contributed by atoms with Crippen LogP contribution in [0.3, 0.4) is 0 Å². The molecule has 2 aliphatic heterocycles. The molecule has 38 heavy (non-hydrogen) atoms. The summed E-state index contributed by atoms with van der Waals surface area (Å²) in [5.74, 6) is 6.59. The first-order chi connectivity index (χ1) is 18.3. The van der Waals surface area contributed by atoms with Crippen molar-refractivity contribution in [3.05, 3.63) is 54.4 Å². The van der Waals surface area contributed by atoms with Crippen molar-refractivity contribution in [3.63, 3.8) is 0 Å². The summed E-state index contributed by atoms with van der Waals surface area (Å²) in [7, 11) is -1.94. The van der Waals surface area contributed by atoms with E-state index in [1.807, 2.05) is 42.5 Å². The van der Waals surface area contributed by atoms with E-state index in [4.69, 9.17) is 15.2 Å². The fraction of sp³-hybridized carbons (Fsp3) is 0.346. The highest BCUT2D eigenvalue weighted by Gasteiger charge is 2.52. The summed E-state index contributed by atoms with van der Waals surface area (Å²) in [5, 5.41) is 8.52. The Hall–Kier alpha value is -3.92. The second-order valence-corrected chi connectivity index (χ2v) is 11.1. The van der Waals surface area contributed by atoms with Crippen LogP contribution in [0.1, 0.15) is 5.69 Å². The number of hydrogen-bond donors (Lipinski definition) is 1. The van der Waals surface area contributed by atoms with E-state index in [1.165, 1.54) is 0 Å². The molecule has 2 saturated heterocycles. The molecule has 0 unspecified atom stereocenters. The summed E-state index contributed by atoms with van der Waals surface area (Å²) in [5.41, 5.74) is 10.3. The van der Waals surface area contributed by atoms with E-state index in [-0.39, 0.29) is 18.8 Å². The number of nitrogens with two attached hydrogens (primary N) is 1. The number of hydrogen-bond acceptors (Lipinski definition) is 11. The molecular weight excluding hydrogens is 508 g/mol. The van der Waals surface area contributed by atoms with Crippen molar-refractivity contribution in [3.8, 4) is 28.8 Å². The van der Waals surface area contributed by atoms with Crippen molar-refractivity contribution >= 4 is 27.3 Å². The summed E-state index contributed by atoms with van der Waals surface area (Å²) < 4.78 is 37.5. The highest BCUT2D eigenvalue weighted by molar-refractivity contribution is 7.86. The van der Waals surface area contributed by atoms with E-state index in [1.54, 1.807) is 13.3 Å². The van der Waals surface area contributed by atoms with Crippen LogP contribution in [-0.2, 0) is 19.0 Å². The van der Waals surface area contributed by atoms with Gasteiger partial charge < -0.3 is 25.0 Å². The van der Waals surface area contributed by atoms with Gasteiger partial charge in [0.05, 0.1) is 17.6 Å². The van der Waals surface area contributed by atoms with Gasteiger partial charge in [-0.05, 0) is 36.3 Å². The van der Waals surface area contributed by atoms with E-state index in [0.29, 0.717) is 23.0 Å². The molecule has 0 atom stereocenters. The lowest BCUT2D eigenvalue weighted by Gasteiger charge is -2.61. The predicted octanol–water partition coefficient (Wildman–Crippen LogP) is 1.76. The third-order valence-corrected chi connectivity index (χ3v) is 6.96. The van der Waals surface area contributed by atoms with Gasteiger partial charge in [-0.25, -0.2) is 4.98 Å². The van der Waals surface area contributed by atoms with Crippen molar-refractivity contribution in [2.45, 2.75) is 0 Å². The first-order valence-electron chi connectivity index (χ1n) is 11.9. The first kappa shape index (κ1) is 25.7. The summed E-state index contributed by atoms with van der Waals surface area (Å²) in [6.07, 6.45) is 2.69. The maximum Gasteiger partial charge on any atom is 0.265 e. The topological polar surface area (TPSA) is 133 Å². The molecule has 0 bridgehead atoms. The molecule has 2 aromatic heterocycles. The molecule has 2 N–H and O–H groups in total. The van der Waals surface area contributed by atoms with Crippen LogP contribution in [0.2, 0.25) is 0 Å². The van der Waals surface area contributed by atoms with Gasteiger partial charge in [0.2, 0.25) is 0 Å². The third kappa shape index (κ3) is 5.65. The smallest absolute Gasteiger partial charge is 0.265 e. The number of pyridine rings is 1. The minimum atomic E-state index is -3.51. The minimum absolute atomic E-state index is 0.139. The molecule has 5 rings (SSSR count). The van der Waals surface area contributed by atoms with Gasteiger partial charge >= 0.3 is 0 Å². The van der Waals surface area contributed by atoms with Gasteiger partial charge in [0, 0.05) is 56.2 Å². The SMILES string of the molecule is COCOc1ccccc1-c1cc(N2CC3(CN(c4ccnc(C#CCOS(C)(=O)=O)c4)C3)C2)c(N)nn1. The average Bonchev–Trinajstić information content (AvgIpc) is 2.85.